The molecular weight excluding hydrogens is 266 g/mol. The molecule has 21 heavy (non-hydrogen) atoms. The number of nitrogens with one attached hydrogen (secondary N) is 1. The standard InChI is InChI=1S/C17H29NO3/c1-4-10-18-13-16-8-6-7-9-17(16)21-12-11-20-15(3)14-19-5-2/h6-9,15,18H,4-5,10-14H2,1-3H3. The molecule has 1 rings (SSSR count). The number of benzene rings is 1. The van der Waals surface area contributed by atoms with Crippen LogP contribution in [0.15, 0.2) is 24.3 Å². The highest BCUT2D eigenvalue weighted by Crippen LogP contribution is 2.17. The number of ether oxygens (including phenoxy) is 3. The summed E-state index contributed by atoms with van der Waals surface area (Å²) in [6.45, 7) is 10.5. The fourth-order valence-corrected chi connectivity index (χ4v) is 1.92. The Labute approximate surface area is 128 Å². The van der Waals surface area contributed by atoms with Gasteiger partial charge in [0.05, 0.1) is 19.3 Å². The van der Waals surface area contributed by atoms with E-state index in [1.54, 1.807) is 0 Å². The van der Waals surface area contributed by atoms with E-state index < -0.39 is 0 Å². The van der Waals surface area contributed by atoms with Crippen LogP contribution in [0.3, 0.4) is 0 Å². The van der Waals surface area contributed by atoms with E-state index in [4.69, 9.17) is 14.2 Å². The van der Waals surface area contributed by atoms with Crippen LogP contribution in [0.5, 0.6) is 5.75 Å². The SMILES string of the molecule is CCCNCc1ccccc1OCCOC(C)COCC. The molecular formula is C17H29NO3. The van der Waals surface area contributed by atoms with Crippen molar-refractivity contribution in [3.63, 3.8) is 0 Å². The maximum absolute atomic E-state index is 5.82. The van der Waals surface area contributed by atoms with E-state index in [2.05, 4.69) is 18.3 Å². The van der Waals surface area contributed by atoms with Crippen molar-refractivity contribution < 1.29 is 14.2 Å². The molecule has 1 unspecified atom stereocenters. The molecule has 0 aromatic heterocycles. The average molecular weight is 295 g/mol. The Morgan fingerprint density at radius 3 is 2.71 bits per heavy atom. The van der Waals surface area contributed by atoms with Gasteiger partial charge in [-0.2, -0.15) is 0 Å². The average Bonchev–Trinajstić information content (AvgIpc) is 2.51. The first-order valence-corrected chi connectivity index (χ1v) is 7.88. The minimum atomic E-state index is 0.106. The summed E-state index contributed by atoms with van der Waals surface area (Å²) in [6, 6.07) is 8.14. The third kappa shape index (κ3) is 8.05. The van der Waals surface area contributed by atoms with Gasteiger partial charge in [0.2, 0.25) is 0 Å². The lowest BCUT2D eigenvalue weighted by molar-refractivity contribution is -0.0128. The second kappa shape index (κ2) is 11.5. The number of rotatable bonds is 12. The highest BCUT2D eigenvalue weighted by molar-refractivity contribution is 5.33. The molecule has 0 fully saturated rings. The summed E-state index contributed by atoms with van der Waals surface area (Å²) in [6.07, 6.45) is 1.24. The summed E-state index contributed by atoms with van der Waals surface area (Å²) >= 11 is 0. The Kier molecular flexibility index (Phi) is 9.87. The summed E-state index contributed by atoms with van der Waals surface area (Å²) in [4.78, 5) is 0. The minimum absolute atomic E-state index is 0.106. The van der Waals surface area contributed by atoms with Crippen LogP contribution in [0.1, 0.15) is 32.8 Å². The Bertz CT molecular complexity index is 371. The molecule has 0 saturated carbocycles. The highest BCUT2D eigenvalue weighted by atomic mass is 16.5. The molecule has 0 aliphatic heterocycles. The predicted molar refractivity (Wildman–Crippen MR) is 85.8 cm³/mol. The summed E-state index contributed by atoms with van der Waals surface area (Å²) in [5.74, 6) is 0.933. The Hall–Kier alpha value is -1.10. The quantitative estimate of drug-likeness (QED) is 0.602. The Morgan fingerprint density at radius 2 is 1.95 bits per heavy atom. The zero-order valence-corrected chi connectivity index (χ0v) is 13.6. The Balaban J connectivity index is 2.27. The van der Waals surface area contributed by atoms with Crippen molar-refractivity contribution in [3.8, 4) is 5.75 Å². The van der Waals surface area contributed by atoms with Gasteiger partial charge < -0.3 is 19.5 Å². The Morgan fingerprint density at radius 1 is 1.14 bits per heavy atom. The first-order chi connectivity index (χ1) is 10.3. The fourth-order valence-electron chi connectivity index (χ4n) is 1.92. The van der Waals surface area contributed by atoms with Crippen molar-refractivity contribution in [2.75, 3.05) is 33.0 Å². The first-order valence-electron chi connectivity index (χ1n) is 7.88. The predicted octanol–water partition coefficient (Wildman–Crippen LogP) is 3.01. The van der Waals surface area contributed by atoms with E-state index in [9.17, 15) is 0 Å². The molecule has 0 aliphatic carbocycles. The molecule has 1 atom stereocenters. The van der Waals surface area contributed by atoms with Crippen molar-refractivity contribution in [1.82, 2.24) is 5.32 Å². The zero-order valence-electron chi connectivity index (χ0n) is 13.6. The van der Waals surface area contributed by atoms with Gasteiger partial charge in [0, 0.05) is 18.7 Å². The molecule has 1 N–H and O–H groups in total. The maximum atomic E-state index is 5.82. The third-order valence-electron chi connectivity index (χ3n) is 3.01. The van der Waals surface area contributed by atoms with Crippen molar-refractivity contribution in [2.24, 2.45) is 0 Å². The molecule has 120 valence electrons. The zero-order chi connectivity index (χ0) is 15.3. The molecule has 0 saturated heterocycles. The van der Waals surface area contributed by atoms with Crippen LogP contribution in [0.2, 0.25) is 0 Å². The fraction of sp³-hybridized carbons (Fsp3) is 0.647. The van der Waals surface area contributed by atoms with Crippen LogP contribution in [0.4, 0.5) is 0 Å². The summed E-state index contributed by atoms with van der Waals surface area (Å²) in [5.41, 5.74) is 1.19. The molecule has 4 heteroatoms. The molecule has 4 nitrogen and oxygen atoms in total. The van der Waals surface area contributed by atoms with Crippen LogP contribution in [-0.4, -0.2) is 39.1 Å². The lowest BCUT2D eigenvalue weighted by Gasteiger charge is -2.15. The summed E-state index contributed by atoms with van der Waals surface area (Å²) in [5, 5.41) is 3.40. The molecule has 0 aliphatic rings. The van der Waals surface area contributed by atoms with Gasteiger partial charge >= 0.3 is 0 Å². The third-order valence-corrected chi connectivity index (χ3v) is 3.01. The summed E-state index contributed by atoms with van der Waals surface area (Å²) < 4.78 is 16.8. The molecule has 0 radical (unpaired) electrons. The summed E-state index contributed by atoms with van der Waals surface area (Å²) in [7, 11) is 0. The monoisotopic (exact) mass is 295 g/mol. The van der Waals surface area contributed by atoms with Crippen molar-refractivity contribution in [3.05, 3.63) is 29.8 Å². The van der Waals surface area contributed by atoms with Crippen molar-refractivity contribution >= 4 is 0 Å². The van der Waals surface area contributed by atoms with E-state index in [1.807, 2.05) is 32.0 Å². The van der Waals surface area contributed by atoms with Gasteiger partial charge in [0.25, 0.3) is 0 Å². The van der Waals surface area contributed by atoms with Gasteiger partial charge in [-0.25, -0.2) is 0 Å². The molecule has 0 amide bonds. The lowest BCUT2D eigenvalue weighted by atomic mass is 10.2. The first kappa shape index (κ1) is 18.0. The molecule has 0 heterocycles. The lowest BCUT2D eigenvalue weighted by Crippen LogP contribution is -2.20. The molecule has 0 spiro atoms. The van der Waals surface area contributed by atoms with Gasteiger partial charge in [-0.05, 0) is 32.9 Å². The van der Waals surface area contributed by atoms with E-state index in [-0.39, 0.29) is 6.10 Å². The van der Waals surface area contributed by atoms with Gasteiger partial charge in [0.1, 0.15) is 12.4 Å². The van der Waals surface area contributed by atoms with Gasteiger partial charge in [-0.15, -0.1) is 0 Å². The van der Waals surface area contributed by atoms with Gasteiger partial charge in [-0.1, -0.05) is 25.1 Å². The second-order valence-electron chi connectivity index (χ2n) is 4.97. The van der Waals surface area contributed by atoms with Crippen LogP contribution in [0.25, 0.3) is 0 Å². The van der Waals surface area contributed by atoms with Crippen molar-refractivity contribution in [2.45, 2.75) is 39.8 Å². The second-order valence-corrected chi connectivity index (χ2v) is 4.97. The van der Waals surface area contributed by atoms with Crippen molar-refractivity contribution in [1.29, 1.82) is 0 Å². The van der Waals surface area contributed by atoms with Crippen LogP contribution >= 0.6 is 0 Å². The molecule has 0 bridgehead atoms. The van der Waals surface area contributed by atoms with Gasteiger partial charge in [-0.3, -0.25) is 0 Å². The minimum Gasteiger partial charge on any atom is -0.491 e. The van der Waals surface area contributed by atoms with E-state index in [0.29, 0.717) is 19.8 Å². The van der Waals surface area contributed by atoms with E-state index in [1.165, 1.54) is 5.56 Å². The maximum Gasteiger partial charge on any atom is 0.123 e. The van der Waals surface area contributed by atoms with Crippen LogP contribution < -0.4 is 10.1 Å². The smallest absolute Gasteiger partial charge is 0.123 e. The van der Waals surface area contributed by atoms with Crippen LogP contribution in [0, 0.1) is 0 Å². The van der Waals surface area contributed by atoms with Gasteiger partial charge in [0.15, 0.2) is 0 Å². The number of hydrogen-bond donors (Lipinski definition) is 1. The van der Waals surface area contributed by atoms with E-state index in [0.717, 1.165) is 31.9 Å². The number of para-hydroxylation sites is 1. The van der Waals surface area contributed by atoms with E-state index >= 15 is 0 Å². The topological polar surface area (TPSA) is 39.7 Å². The normalized spacial score (nSPS) is 12.3. The van der Waals surface area contributed by atoms with Crippen LogP contribution in [-0.2, 0) is 16.0 Å². The molecule has 1 aromatic carbocycles. The number of hydrogen-bond acceptors (Lipinski definition) is 4. The molecule has 1 aromatic rings. The largest absolute Gasteiger partial charge is 0.491 e. The highest BCUT2D eigenvalue weighted by Gasteiger charge is 2.04.